The average Bonchev–Trinajstić information content (AvgIpc) is 2.18. The van der Waals surface area contributed by atoms with Crippen molar-refractivity contribution in [3.05, 3.63) is 12.7 Å². The van der Waals surface area contributed by atoms with Crippen molar-refractivity contribution in [3.63, 3.8) is 0 Å². The highest BCUT2D eigenvalue weighted by Crippen LogP contribution is 2.17. The Kier molecular flexibility index (Phi) is 10.0. The number of hydrogen-bond acceptors (Lipinski definition) is 1. The van der Waals surface area contributed by atoms with Crippen molar-refractivity contribution in [2.45, 2.75) is 58.3 Å². The highest BCUT2D eigenvalue weighted by molar-refractivity contribution is 5.53. The first kappa shape index (κ1) is 13.4. The molecule has 0 bridgehead atoms. The van der Waals surface area contributed by atoms with Crippen LogP contribution in [-0.4, -0.2) is 6.21 Å². The number of rotatable bonds is 10. The lowest BCUT2D eigenvalue weighted by Crippen LogP contribution is -1.99. The molecule has 0 saturated carbocycles. The molecule has 0 aromatic carbocycles. The summed E-state index contributed by atoms with van der Waals surface area (Å²) in [5.41, 5.74) is 0. The Morgan fingerprint density at radius 2 is 1.86 bits per heavy atom. The summed E-state index contributed by atoms with van der Waals surface area (Å²) in [6.07, 6.45) is 13.6. The van der Waals surface area contributed by atoms with E-state index in [9.17, 15) is 0 Å². The molecular formula is C13H25N. The molecule has 0 aromatic heterocycles. The zero-order valence-corrected chi connectivity index (χ0v) is 9.60. The first-order valence-corrected chi connectivity index (χ1v) is 5.95. The van der Waals surface area contributed by atoms with E-state index in [2.05, 4.69) is 13.5 Å². The zero-order chi connectivity index (χ0) is 10.6. The van der Waals surface area contributed by atoms with Gasteiger partial charge in [0, 0.05) is 0 Å². The summed E-state index contributed by atoms with van der Waals surface area (Å²) in [5, 5.41) is 7.10. The van der Waals surface area contributed by atoms with Gasteiger partial charge in [-0.15, -0.1) is 6.58 Å². The van der Waals surface area contributed by atoms with E-state index in [1.165, 1.54) is 38.5 Å². The van der Waals surface area contributed by atoms with Crippen molar-refractivity contribution in [1.82, 2.24) is 0 Å². The SMILES string of the molecule is C=CCC(CC=N)CCCCCCC. The van der Waals surface area contributed by atoms with Gasteiger partial charge in [0.1, 0.15) is 0 Å². The highest BCUT2D eigenvalue weighted by Gasteiger charge is 2.04. The summed E-state index contributed by atoms with van der Waals surface area (Å²) in [7, 11) is 0. The van der Waals surface area contributed by atoms with Crippen LogP contribution in [0, 0.1) is 11.3 Å². The fourth-order valence-electron chi connectivity index (χ4n) is 1.77. The molecule has 82 valence electrons. The van der Waals surface area contributed by atoms with E-state index in [1.54, 1.807) is 6.21 Å². The molecule has 0 aliphatic carbocycles. The predicted octanol–water partition coefficient (Wildman–Crippen LogP) is 4.58. The molecule has 0 aromatic rings. The smallest absolute Gasteiger partial charge is 0.00449 e. The summed E-state index contributed by atoms with van der Waals surface area (Å²) in [4.78, 5) is 0. The molecule has 1 nitrogen and oxygen atoms in total. The molecule has 1 heteroatoms. The van der Waals surface area contributed by atoms with Crippen LogP contribution in [0.15, 0.2) is 12.7 Å². The Morgan fingerprint density at radius 1 is 1.14 bits per heavy atom. The molecule has 0 aliphatic rings. The van der Waals surface area contributed by atoms with Crippen molar-refractivity contribution >= 4 is 6.21 Å². The normalized spacial score (nSPS) is 12.4. The molecule has 0 aliphatic heterocycles. The quantitative estimate of drug-likeness (QED) is 0.300. The molecular weight excluding hydrogens is 170 g/mol. The third kappa shape index (κ3) is 8.03. The average molecular weight is 195 g/mol. The molecule has 1 unspecified atom stereocenters. The second kappa shape index (κ2) is 10.5. The first-order chi connectivity index (χ1) is 6.85. The second-order valence-electron chi connectivity index (χ2n) is 4.03. The molecule has 0 amide bonds. The number of unbranched alkanes of at least 4 members (excludes halogenated alkanes) is 4. The van der Waals surface area contributed by atoms with Gasteiger partial charge in [-0.05, 0) is 31.4 Å². The maximum atomic E-state index is 7.10. The second-order valence-corrected chi connectivity index (χ2v) is 4.03. The monoisotopic (exact) mass is 195 g/mol. The maximum absolute atomic E-state index is 7.10. The lowest BCUT2D eigenvalue weighted by Gasteiger charge is -2.11. The predicted molar refractivity (Wildman–Crippen MR) is 65.1 cm³/mol. The van der Waals surface area contributed by atoms with Crippen LogP contribution >= 0.6 is 0 Å². The van der Waals surface area contributed by atoms with Gasteiger partial charge in [-0.2, -0.15) is 0 Å². The van der Waals surface area contributed by atoms with E-state index in [0.717, 1.165) is 12.8 Å². The van der Waals surface area contributed by atoms with Crippen molar-refractivity contribution in [3.8, 4) is 0 Å². The number of allylic oxidation sites excluding steroid dienone is 1. The van der Waals surface area contributed by atoms with E-state index in [1.807, 2.05) is 6.08 Å². The Hall–Kier alpha value is -0.590. The van der Waals surface area contributed by atoms with Crippen molar-refractivity contribution in [1.29, 1.82) is 5.41 Å². The van der Waals surface area contributed by atoms with Gasteiger partial charge in [-0.3, -0.25) is 0 Å². The largest absolute Gasteiger partial charge is 0.313 e. The van der Waals surface area contributed by atoms with Crippen LogP contribution in [0.3, 0.4) is 0 Å². The third-order valence-corrected chi connectivity index (χ3v) is 2.67. The van der Waals surface area contributed by atoms with Crippen molar-refractivity contribution < 1.29 is 0 Å². The topological polar surface area (TPSA) is 23.9 Å². The van der Waals surface area contributed by atoms with Gasteiger partial charge >= 0.3 is 0 Å². The Morgan fingerprint density at radius 3 is 2.43 bits per heavy atom. The summed E-state index contributed by atoms with van der Waals surface area (Å²) >= 11 is 0. The Balaban J connectivity index is 3.39. The molecule has 1 atom stereocenters. The Bertz CT molecular complexity index is 130. The molecule has 0 fully saturated rings. The molecule has 0 heterocycles. The van der Waals surface area contributed by atoms with E-state index in [0.29, 0.717) is 5.92 Å². The zero-order valence-electron chi connectivity index (χ0n) is 9.60. The summed E-state index contributed by atoms with van der Waals surface area (Å²) in [6, 6.07) is 0. The van der Waals surface area contributed by atoms with Gasteiger partial charge in [0.2, 0.25) is 0 Å². The van der Waals surface area contributed by atoms with E-state index in [4.69, 9.17) is 5.41 Å². The molecule has 0 saturated heterocycles. The first-order valence-electron chi connectivity index (χ1n) is 5.95. The minimum atomic E-state index is 0.673. The van der Waals surface area contributed by atoms with Crippen LogP contribution in [0.2, 0.25) is 0 Å². The molecule has 14 heavy (non-hydrogen) atoms. The van der Waals surface area contributed by atoms with E-state index < -0.39 is 0 Å². The third-order valence-electron chi connectivity index (χ3n) is 2.67. The van der Waals surface area contributed by atoms with Crippen LogP contribution in [0.1, 0.15) is 58.3 Å². The minimum absolute atomic E-state index is 0.673. The standard InChI is InChI=1S/C13H25N/c1-3-5-6-7-8-10-13(9-4-2)11-12-14/h4,12-14H,2-3,5-11H2,1H3. The molecule has 0 rings (SSSR count). The highest BCUT2D eigenvalue weighted by atomic mass is 14.3. The van der Waals surface area contributed by atoms with E-state index in [-0.39, 0.29) is 0 Å². The number of nitrogens with one attached hydrogen (secondary N) is 1. The van der Waals surface area contributed by atoms with Crippen LogP contribution in [0.25, 0.3) is 0 Å². The molecule has 0 spiro atoms. The van der Waals surface area contributed by atoms with Gasteiger partial charge < -0.3 is 5.41 Å². The summed E-state index contributed by atoms with van der Waals surface area (Å²) in [5.74, 6) is 0.673. The van der Waals surface area contributed by atoms with Gasteiger partial charge in [0.25, 0.3) is 0 Å². The van der Waals surface area contributed by atoms with Gasteiger partial charge in [-0.1, -0.05) is 45.1 Å². The molecule has 1 N–H and O–H groups in total. The lowest BCUT2D eigenvalue weighted by atomic mass is 9.95. The minimum Gasteiger partial charge on any atom is -0.313 e. The Labute approximate surface area is 89.1 Å². The van der Waals surface area contributed by atoms with Crippen LogP contribution in [0.5, 0.6) is 0 Å². The van der Waals surface area contributed by atoms with Gasteiger partial charge in [0.15, 0.2) is 0 Å². The summed E-state index contributed by atoms with van der Waals surface area (Å²) in [6.45, 7) is 6.01. The van der Waals surface area contributed by atoms with Crippen LogP contribution < -0.4 is 0 Å². The summed E-state index contributed by atoms with van der Waals surface area (Å²) < 4.78 is 0. The fourth-order valence-corrected chi connectivity index (χ4v) is 1.77. The van der Waals surface area contributed by atoms with Crippen LogP contribution in [-0.2, 0) is 0 Å². The number of hydrogen-bond donors (Lipinski definition) is 1. The van der Waals surface area contributed by atoms with Crippen molar-refractivity contribution in [2.75, 3.05) is 0 Å². The maximum Gasteiger partial charge on any atom is -0.00449 e. The van der Waals surface area contributed by atoms with Crippen LogP contribution in [0.4, 0.5) is 0 Å². The lowest BCUT2D eigenvalue weighted by molar-refractivity contribution is 0.471. The van der Waals surface area contributed by atoms with Gasteiger partial charge in [0.05, 0.1) is 0 Å². The fraction of sp³-hybridized carbons (Fsp3) is 0.769. The van der Waals surface area contributed by atoms with Gasteiger partial charge in [-0.25, -0.2) is 0 Å². The van der Waals surface area contributed by atoms with E-state index >= 15 is 0 Å². The van der Waals surface area contributed by atoms with Crippen molar-refractivity contribution in [2.24, 2.45) is 5.92 Å². The molecule has 0 radical (unpaired) electrons.